The third-order valence-electron chi connectivity index (χ3n) is 11.9. The molecule has 6 rings (SSSR count). The number of nitrogens with zero attached hydrogens (tertiary/aromatic N) is 1. The predicted octanol–water partition coefficient (Wildman–Crippen LogP) is 6.71. The van der Waals surface area contributed by atoms with Gasteiger partial charge < -0.3 is 20.0 Å². The van der Waals surface area contributed by atoms with Crippen molar-refractivity contribution in [2.45, 2.75) is 113 Å². The number of hydrogen-bond acceptors (Lipinski definition) is 6. The Labute approximate surface area is 303 Å². The van der Waals surface area contributed by atoms with E-state index >= 15 is 0 Å². The van der Waals surface area contributed by atoms with E-state index in [1.807, 2.05) is 75.4 Å². The minimum Gasteiger partial charge on any atom is -0.444 e. The van der Waals surface area contributed by atoms with Crippen LogP contribution in [0.5, 0.6) is 0 Å². The molecule has 7 nitrogen and oxygen atoms in total. The van der Waals surface area contributed by atoms with Gasteiger partial charge in [-0.25, -0.2) is 4.79 Å². The van der Waals surface area contributed by atoms with Gasteiger partial charge in [-0.3, -0.25) is 9.69 Å². The molecule has 2 heterocycles. The first-order chi connectivity index (χ1) is 23.4. The fraction of sp³-hybridized carbons (Fsp3) is 0.512. The van der Waals surface area contributed by atoms with Crippen molar-refractivity contribution in [1.29, 1.82) is 0 Å². The van der Waals surface area contributed by atoms with E-state index in [-0.39, 0.29) is 23.0 Å². The van der Waals surface area contributed by atoms with Gasteiger partial charge in [0, 0.05) is 29.0 Å². The number of rotatable bonds is 7. The molecule has 1 aliphatic carbocycles. The zero-order valence-electron chi connectivity index (χ0n) is 30.6. The van der Waals surface area contributed by atoms with Crippen molar-refractivity contribution in [2.75, 3.05) is 6.54 Å². The number of nitrogens with one attached hydrogen (secondary N) is 1. The number of carbonyl (C=O) groups excluding carboxylic acids is 2. The van der Waals surface area contributed by atoms with E-state index in [1.54, 1.807) is 16.7 Å². The van der Waals surface area contributed by atoms with Crippen LogP contribution in [0.25, 0.3) is 0 Å². The van der Waals surface area contributed by atoms with Crippen LogP contribution in [0.1, 0.15) is 80.6 Å². The van der Waals surface area contributed by atoms with Crippen molar-refractivity contribution in [1.82, 2.24) is 10.2 Å². The second kappa shape index (κ2) is 13.1. The fourth-order valence-electron chi connectivity index (χ4n) is 9.36. The van der Waals surface area contributed by atoms with Gasteiger partial charge in [0.25, 0.3) is 8.32 Å². The van der Waals surface area contributed by atoms with Gasteiger partial charge in [-0.2, -0.15) is 0 Å². The summed E-state index contributed by atoms with van der Waals surface area (Å²) in [6.07, 6.45) is 2.12. The van der Waals surface area contributed by atoms with Crippen LogP contribution < -0.4 is 15.7 Å². The molecule has 0 radical (unpaired) electrons. The summed E-state index contributed by atoms with van der Waals surface area (Å²) in [4.78, 5) is 43.8. The fourth-order valence-corrected chi connectivity index (χ4v) is 14.7. The van der Waals surface area contributed by atoms with Gasteiger partial charge in [0.15, 0.2) is 0 Å². The lowest BCUT2D eigenvalue weighted by Gasteiger charge is -2.62. The summed E-state index contributed by atoms with van der Waals surface area (Å²) in [6, 6.07) is 30.5. The number of aliphatic hydroxyl groups is 1. The number of benzene rings is 3. The Morgan fingerprint density at radius 2 is 1.46 bits per heavy atom. The standard InChI is InChI=1S/C41H54N2O5SSi/c1-37(2,3)48-36(45)43-25-17-24-40(43)28-34-39(6,7)32(33(27-41(34,46)42-35(40)44)49-29-18-11-8-12-19-29)26-38(4,5)50(47,30-20-13-9-14-21-30)31-22-15-10-16-23-31/h8-16,18-23,32-34,46-47H,17,24-28H2,1-7H3,(H,42,44)/t32-,33+,34-,40-,41+/m1/s1. The molecule has 2 saturated heterocycles. The molecule has 1 saturated carbocycles. The zero-order valence-corrected chi connectivity index (χ0v) is 32.4. The lowest BCUT2D eigenvalue weighted by atomic mass is 9.53. The first kappa shape index (κ1) is 36.7. The lowest BCUT2D eigenvalue weighted by Crippen LogP contribution is -2.75. The number of hydrogen-bond donors (Lipinski definition) is 3. The van der Waals surface area contributed by atoms with Crippen molar-refractivity contribution in [2.24, 2.45) is 17.3 Å². The van der Waals surface area contributed by atoms with Crippen LogP contribution in [0.4, 0.5) is 4.79 Å². The molecule has 0 unspecified atom stereocenters. The number of piperidine rings is 1. The van der Waals surface area contributed by atoms with E-state index in [0.29, 0.717) is 38.6 Å². The molecule has 0 aromatic heterocycles. The highest BCUT2D eigenvalue weighted by molar-refractivity contribution is 8.00. The van der Waals surface area contributed by atoms with Gasteiger partial charge in [-0.15, -0.1) is 11.8 Å². The molecule has 5 atom stereocenters. The summed E-state index contributed by atoms with van der Waals surface area (Å²) in [5.41, 5.74) is -3.77. The van der Waals surface area contributed by atoms with E-state index < -0.39 is 41.7 Å². The topological polar surface area (TPSA) is 99.1 Å². The van der Waals surface area contributed by atoms with E-state index in [2.05, 4.69) is 69.4 Å². The molecule has 9 heteroatoms. The Hall–Kier alpha value is -3.11. The molecular weight excluding hydrogens is 661 g/mol. The molecule has 2 aliphatic heterocycles. The van der Waals surface area contributed by atoms with Crippen LogP contribution in [-0.2, 0) is 9.53 Å². The highest BCUT2D eigenvalue weighted by atomic mass is 32.2. The molecule has 50 heavy (non-hydrogen) atoms. The van der Waals surface area contributed by atoms with Gasteiger partial charge >= 0.3 is 6.09 Å². The maximum atomic E-state index is 14.2. The Kier molecular flexibility index (Phi) is 9.64. The third-order valence-corrected chi connectivity index (χ3v) is 17.8. The van der Waals surface area contributed by atoms with Crippen molar-refractivity contribution in [3.63, 3.8) is 0 Å². The summed E-state index contributed by atoms with van der Waals surface area (Å²) >= 11 is 1.75. The van der Waals surface area contributed by atoms with Crippen molar-refractivity contribution in [3.05, 3.63) is 91.0 Å². The monoisotopic (exact) mass is 714 g/mol. The lowest BCUT2D eigenvalue weighted by molar-refractivity contribution is -0.193. The first-order valence-corrected chi connectivity index (χ1v) is 20.9. The molecule has 268 valence electrons. The van der Waals surface area contributed by atoms with Crippen LogP contribution in [0.3, 0.4) is 0 Å². The SMILES string of the molecule is CC(C)(C)OC(=O)N1CCC[C@]12C[C@@H]1C(C)(C)[C@H](CC(C)(C)[Si](O)(c3ccccc3)c3ccccc3)[C@@H](Sc3ccccc3)C[C@@]1(O)NC2=O. The largest absolute Gasteiger partial charge is 0.444 e. The Morgan fingerprint density at radius 1 is 0.920 bits per heavy atom. The van der Waals surface area contributed by atoms with Gasteiger partial charge in [-0.05, 0) is 85.3 Å². The smallest absolute Gasteiger partial charge is 0.411 e. The van der Waals surface area contributed by atoms with Crippen LogP contribution in [0.2, 0.25) is 5.04 Å². The second-order valence-electron chi connectivity index (χ2n) is 17.0. The summed E-state index contributed by atoms with van der Waals surface area (Å²) in [7, 11) is -3.36. The summed E-state index contributed by atoms with van der Waals surface area (Å²) in [5.74, 6) is -0.622. The summed E-state index contributed by atoms with van der Waals surface area (Å²) in [5, 5.41) is 17.1. The average Bonchev–Trinajstić information content (AvgIpc) is 3.49. The molecule has 3 aliphatic rings. The number of fused-ring (bicyclic) bond motifs is 1. The number of amides is 2. The van der Waals surface area contributed by atoms with Crippen LogP contribution in [0, 0.1) is 17.3 Å². The molecule has 0 bridgehead atoms. The van der Waals surface area contributed by atoms with Gasteiger partial charge in [0.1, 0.15) is 16.9 Å². The maximum absolute atomic E-state index is 14.2. The Morgan fingerprint density at radius 3 is 2.00 bits per heavy atom. The minimum atomic E-state index is -3.36. The Balaban J connectivity index is 1.43. The van der Waals surface area contributed by atoms with Gasteiger partial charge in [-0.1, -0.05) is 107 Å². The second-order valence-corrected chi connectivity index (χ2v) is 22.3. The third kappa shape index (κ3) is 6.44. The zero-order chi connectivity index (χ0) is 36.2. The number of carbonyl (C=O) groups is 2. The van der Waals surface area contributed by atoms with Gasteiger partial charge in [0.2, 0.25) is 5.91 Å². The van der Waals surface area contributed by atoms with Crippen LogP contribution >= 0.6 is 11.8 Å². The van der Waals surface area contributed by atoms with E-state index in [1.165, 1.54) is 0 Å². The van der Waals surface area contributed by atoms with Gasteiger partial charge in [0.05, 0.1) is 0 Å². The average molecular weight is 715 g/mol. The summed E-state index contributed by atoms with van der Waals surface area (Å²) in [6.45, 7) is 14.8. The van der Waals surface area contributed by atoms with E-state index in [0.717, 1.165) is 15.3 Å². The Bertz CT molecular complexity index is 1640. The minimum absolute atomic E-state index is 0.0304. The van der Waals surface area contributed by atoms with E-state index in [9.17, 15) is 19.5 Å². The molecule has 2 amide bonds. The van der Waals surface area contributed by atoms with Crippen molar-refractivity contribution in [3.8, 4) is 0 Å². The van der Waals surface area contributed by atoms with Crippen molar-refractivity contribution < 1.29 is 24.2 Å². The van der Waals surface area contributed by atoms with E-state index in [4.69, 9.17) is 4.74 Å². The quantitative estimate of drug-likeness (QED) is 0.236. The first-order valence-electron chi connectivity index (χ1n) is 18.0. The maximum Gasteiger partial charge on any atom is 0.411 e. The highest BCUT2D eigenvalue weighted by Crippen LogP contribution is 2.62. The molecule has 3 aromatic carbocycles. The van der Waals surface area contributed by atoms with Crippen LogP contribution in [-0.4, -0.2) is 63.8 Å². The van der Waals surface area contributed by atoms with Crippen molar-refractivity contribution >= 4 is 42.5 Å². The molecular formula is C41H54N2O5SSi. The predicted molar refractivity (Wildman–Crippen MR) is 203 cm³/mol. The highest BCUT2D eigenvalue weighted by Gasteiger charge is 2.67. The normalized spacial score (nSPS) is 28.2. The molecule has 3 aromatic rings. The number of thioether (sulfide) groups is 1. The molecule has 1 spiro atoms. The molecule has 3 fully saturated rings. The number of ether oxygens (including phenoxy) is 1. The van der Waals surface area contributed by atoms with Crippen LogP contribution in [0.15, 0.2) is 95.9 Å². The number of likely N-dealkylation sites (tertiary alicyclic amines) is 1. The molecule has 3 N–H and O–H groups in total. The summed E-state index contributed by atoms with van der Waals surface area (Å²) < 4.78 is 5.82.